The molecule has 2 heterocycles. The molecule has 1 amide bonds. The van der Waals surface area contributed by atoms with Gasteiger partial charge in [0.25, 0.3) is 11.5 Å². The van der Waals surface area contributed by atoms with Gasteiger partial charge in [-0.1, -0.05) is 0 Å². The third-order valence-corrected chi connectivity index (χ3v) is 4.16. The van der Waals surface area contributed by atoms with E-state index in [2.05, 4.69) is 5.32 Å². The van der Waals surface area contributed by atoms with Crippen LogP contribution in [0.2, 0.25) is 0 Å². The van der Waals surface area contributed by atoms with Crippen LogP contribution in [-0.2, 0) is 14.1 Å². The molecule has 3 rings (SSSR count). The fourth-order valence-electron chi connectivity index (χ4n) is 2.76. The van der Waals surface area contributed by atoms with Crippen molar-refractivity contribution in [3.8, 4) is 11.5 Å². The summed E-state index contributed by atoms with van der Waals surface area (Å²) in [5, 5.41) is 3.32. The van der Waals surface area contributed by atoms with Crippen LogP contribution in [0.25, 0.3) is 10.9 Å². The summed E-state index contributed by atoms with van der Waals surface area (Å²) in [6.07, 6.45) is 1.68. The number of nitrogens with one attached hydrogen (secondary N) is 1. The first-order valence-electron chi connectivity index (χ1n) is 7.64. The van der Waals surface area contributed by atoms with E-state index in [1.807, 2.05) is 6.07 Å². The Kier molecular flexibility index (Phi) is 4.22. The lowest BCUT2D eigenvalue weighted by atomic mass is 10.2. The van der Waals surface area contributed by atoms with Gasteiger partial charge in [-0.05, 0) is 24.3 Å². The Morgan fingerprint density at radius 3 is 2.44 bits per heavy atom. The fourth-order valence-corrected chi connectivity index (χ4v) is 2.76. The minimum absolute atomic E-state index is 0.140. The molecule has 25 heavy (non-hydrogen) atoms. The highest BCUT2D eigenvalue weighted by molar-refractivity contribution is 6.06. The lowest BCUT2D eigenvalue weighted by molar-refractivity contribution is 0.101. The molecular weight excluding hydrogens is 322 g/mol. The highest BCUT2D eigenvalue weighted by atomic mass is 16.5. The number of aryl methyl sites for hydroxylation is 2. The lowest BCUT2D eigenvalue weighted by Crippen LogP contribution is -2.15. The molecule has 0 fully saturated rings. The van der Waals surface area contributed by atoms with E-state index in [4.69, 9.17) is 9.47 Å². The smallest absolute Gasteiger partial charge is 0.272 e. The van der Waals surface area contributed by atoms with E-state index in [0.29, 0.717) is 33.8 Å². The second-order valence-corrected chi connectivity index (χ2v) is 5.64. The normalized spacial score (nSPS) is 10.7. The van der Waals surface area contributed by atoms with Crippen LogP contribution in [0, 0.1) is 0 Å². The van der Waals surface area contributed by atoms with Crippen molar-refractivity contribution in [2.75, 3.05) is 19.5 Å². The van der Waals surface area contributed by atoms with Gasteiger partial charge in [-0.3, -0.25) is 9.59 Å². The zero-order chi connectivity index (χ0) is 18.1. The van der Waals surface area contributed by atoms with Gasteiger partial charge in [0.15, 0.2) is 11.5 Å². The van der Waals surface area contributed by atoms with Gasteiger partial charge < -0.3 is 23.9 Å². The highest BCUT2D eigenvalue weighted by Crippen LogP contribution is 2.30. The summed E-state index contributed by atoms with van der Waals surface area (Å²) >= 11 is 0. The fraction of sp³-hybridized carbons (Fsp3) is 0.222. The number of rotatable bonds is 4. The Balaban J connectivity index is 1.97. The van der Waals surface area contributed by atoms with Crippen LogP contribution in [0.15, 0.2) is 41.3 Å². The van der Waals surface area contributed by atoms with E-state index in [1.165, 1.54) is 11.7 Å². The maximum absolute atomic E-state index is 12.6. The molecule has 7 heteroatoms. The van der Waals surface area contributed by atoms with Gasteiger partial charge in [-0.15, -0.1) is 0 Å². The lowest BCUT2D eigenvalue weighted by Gasteiger charge is -2.11. The second kappa shape index (κ2) is 6.35. The van der Waals surface area contributed by atoms with Gasteiger partial charge in [0, 0.05) is 32.0 Å². The van der Waals surface area contributed by atoms with Crippen molar-refractivity contribution in [3.63, 3.8) is 0 Å². The van der Waals surface area contributed by atoms with Crippen molar-refractivity contribution < 1.29 is 14.3 Å². The van der Waals surface area contributed by atoms with Gasteiger partial charge in [0.05, 0.1) is 25.1 Å². The van der Waals surface area contributed by atoms with Gasteiger partial charge in [0.1, 0.15) is 5.69 Å². The van der Waals surface area contributed by atoms with E-state index >= 15 is 0 Å². The van der Waals surface area contributed by atoms with Crippen LogP contribution in [0.4, 0.5) is 5.69 Å². The Morgan fingerprint density at radius 1 is 1.04 bits per heavy atom. The number of hydrogen-bond donors (Lipinski definition) is 1. The number of methoxy groups -OCH3 is 2. The topological polar surface area (TPSA) is 74.5 Å². The predicted molar refractivity (Wildman–Crippen MR) is 95.7 cm³/mol. The number of aromatic nitrogens is 2. The number of nitrogens with zero attached hydrogens (tertiary/aromatic N) is 2. The number of hydrogen-bond acceptors (Lipinski definition) is 4. The molecule has 1 aromatic carbocycles. The molecule has 0 atom stereocenters. The molecule has 0 radical (unpaired) electrons. The molecule has 0 aliphatic heterocycles. The number of fused-ring (bicyclic) bond motifs is 1. The molecule has 3 aromatic rings. The molecule has 0 bridgehead atoms. The third-order valence-electron chi connectivity index (χ3n) is 4.16. The van der Waals surface area contributed by atoms with Gasteiger partial charge in [0.2, 0.25) is 0 Å². The molecule has 130 valence electrons. The van der Waals surface area contributed by atoms with E-state index in [1.54, 1.807) is 56.2 Å². The summed E-state index contributed by atoms with van der Waals surface area (Å²) < 4.78 is 13.6. The molecule has 0 saturated heterocycles. The first-order chi connectivity index (χ1) is 12.0. The van der Waals surface area contributed by atoms with Crippen molar-refractivity contribution in [2.24, 2.45) is 14.1 Å². The van der Waals surface area contributed by atoms with Gasteiger partial charge in [-0.25, -0.2) is 0 Å². The van der Waals surface area contributed by atoms with Crippen molar-refractivity contribution in [2.45, 2.75) is 0 Å². The Labute approximate surface area is 144 Å². The second-order valence-electron chi connectivity index (χ2n) is 5.64. The van der Waals surface area contributed by atoms with Crippen molar-refractivity contribution in [1.29, 1.82) is 0 Å². The third kappa shape index (κ3) is 2.84. The highest BCUT2D eigenvalue weighted by Gasteiger charge is 2.16. The zero-order valence-electron chi connectivity index (χ0n) is 14.5. The molecule has 1 N–H and O–H groups in total. The summed E-state index contributed by atoms with van der Waals surface area (Å²) in [7, 11) is 6.51. The minimum Gasteiger partial charge on any atom is -0.493 e. The van der Waals surface area contributed by atoms with Crippen LogP contribution in [0.3, 0.4) is 0 Å². The van der Waals surface area contributed by atoms with Crippen LogP contribution in [-0.4, -0.2) is 29.3 Å². The van der Waals surface area contributed by atoms with Gasteiger partial charge >= 0.3 is 0 Å². The number of ether oxygens (including phenoxy) is 2. The first-order valence-corrected chi connectivity index (χ1v) is 7.64. The van der Waals surface area contributed by atoms with E-state index in [-0.39, 0.29) is 11.5 Å². The first kappa shape index (κ1) is 16.6. The summed E-state index contributed by atoms with van der Waals surface area (Å²) in [6, 6.07) is 8.53. The largest absolute Gasteiger partial charge is 0.493 e. The maximum atomic E-state index is 12.6. The molecule has 0 unspecified atom stereocenters. The average molecular weight is 341 g/mol. The SMILES string of the molecule is COc1ccc(NC(=O)c2cc3c(=O)n(C)ccc3n2C)cc1OC. The Bertz CT molecular complexity index is 1020. The Morgan fingerprint density at radius 2 is 1.76 bits per heavy atom. The van der Waals surface area contributed by atoms with Crippen LogP contribution in [0.5, 0.6) is 11.5 Å². The molecule has 0 aliphatic rings. The van der Waals surface area contributed by atoms with Crippen molar-refractivity contribution >= 4 is 22.5 Å². The van der Waals surface area contributed by atoms with E-state index < -0.39 is 0 Å². The standard InChI is InChI=1S/C18H19N3O4/c1-20-8-7-13-12(18(20)23)10-14(21(13)2)17(22)19-11-5-6-15(24-3)16(9-11)25-4/h5-10H,1-4H3,(H,19,22). The molecule has 0 aliphatic carbocycles. The quantitative estimate of drug-likeness (QED) is 0.789. The van der Waals surface area contributed by atoms with E-state index in [9.17, 15) is 9.59 Å². The van der Waals surface area contributed by atoms with Gasteiger partial charge in [-0.2, -0.15) is 0 Å². The number of pyridine rings is 1. The Hall–Kier alpha value is -3.22. The predicted octanol–water partition coefficient (Wildman–Crippen LogP) is 2.15. The molecule has 0 saturated carbocycles. The van der Waals surface area contributed by atoms with Crippen molar-refractivity contribution in [3.05, 3.63) is 52.6 Å². The van der Waals surface area contributed by atoms with Crippen LogP contribution < -0.4 is 20.3 Å². The number of carbonyl (C=O) groups excluding carboxylic acids is 1. The monoisotopic (exact) mass is 341 g/mol. The number of anilines is 1. The maximum Gasteiger partial charge on any atom is 0.272 e. The number of benzene rings is 1. The molecule has 7 nitrogen and oxygen atoms in total. The summed E-state index contributed by atoms with van der Waals surface area (Å²) in [5.41, 5.74) is 1.53. The van der Waals surface area contributed by atoms with Crippen LogP contribution in [0.1, 0.15) is 10.5 Å². The number of amides is 1. The molecule has 0 spiro atoms. The zero-order valence-corrected chi connectivity index (χ0v) is 14.5. The summed E-state index contributed by atoms with van der Waals surface area (Å²) in [4.78, 5) is 24.9. The van der Waals surface area contributed by atoms with Crippen LogP contribution >= 0.6 is 0 Å². The van der Waals surface area contributed by atoms with E-state index in [0.717, 1.165) is 0 Å². The average Bonchev–Trinajstić information content (AvgIpc) is 2.95. The molecular formula is C18H19N3O4. The minimum atomic E-state index is -0.312. The molecule has 2 aromatic heterocycles. The summed E-state index contributed by atoms with van der Waals surface area (Å²) in [6.45, 7) is 0. The summed E-state index contributed by atoms with van der Waals surface area (Å²) in [5.74, 6) is 0.785. The number of carbonyl (C=O) groups is 1. The van der Waals surface area contributed by atoms with Crippen molar-refractivity contribution in [1.82, 2.24) is 9.13 Å².